The van der Waals surface area contributed by atoms with Crippen LogP contribution in [0.25, 0.3) is 0 Å². The maximum Gasteiger partial charge on any atom is 0.130 e. The predicted octanol–water partition coefficient (Wildman–Crippen LogP) is 1.96. The van der Waals surface area contributed by atoms with E-state index in [-0.39, 0.29) is 5.82 Å². The van der Waals surface area contributed by atoms with Crippen LogP contribution in [0.15, 0.2) is 18.2 Å². The van der Waals surface area contributed by atoms with Crippen LogP contribution in [0.2, 0.25) is 0 Å². The number of hydrogen-bond donors (Lipinski definition) is 1. The molecule has 0 saturated carbocycles. The number of rotatable bonds is 4. The highest BCUT2D eigenvalue weighted by molar-refractivity contribution is 5.40. The third-order valence-electron chi connectivity index (χ3n) is 2.71. The summed E-state index contributed by atoms with van der Waals surface area (Å²) in [6, 6.07) is 4.66. The van der Waals surface area contributed by atoms with Crippen LogP contribution < -0.4 is 5.73 Å². The van der Waals surface area contributed by atoms with Crippen LogP contribution in [0.1, 0.15) is 12.0 Å². The number of halogens is 1. The molecule has 16 heavy (non-hydrogen) atoms. The minimum Gasteiger partial charge on any atom is -0.399 e. The summed E-state index contributed by atoms with van der Waals surface area (Å²) in [6.07, 6.45) is 1.03. The molecule has 1 fully saturated rings. The Morgan fingerprint density at radius 2 is 2.38 bits per heavy atom. The molecule has 4 heteroatoms. The Morgan fingerprint density at radius 1 is 1.50 bits per heavy atom. The molecule has 3 nitrogen and oxygen atoms in total. The van der Waals surface area contributed by atoms with Gasteiger partial charge in [0.05, 0.1) is 19.8 Å². The van der Waals surface area contributed by atoms with Crippen molar-refractivity contribution < 1.29 is 13.9 Å². The quantitative estimate of drug-likeness (QED) is 0.797. The summed E-state index contributed by atoms with van der Waals surface area (Å²) in [5.41, 5.74) is 6.44. The molecule has 0 bridgehead atoms. The zero-order valence-corrected chi connectivity index (χ0v) is 9.12. The van der Waals surface area contributed by atoms with E-state index < -0.39 is 0 Å². The summed E-state index contributed by atoms with van der Waals surface area (Å²) in [5, 5.41) is 0. The van der Waals surface area contributed by atoms with E-state index in [9.17, 15) is 4.39 Å². The first-order valence-electron chi connectivity index (χ1n) is 5.45. The van der Waals surface area contributed by atoms with Crippen LogP contribution in [-0.2, 0) is 16.1 Å². The molecule has 1 aliphatic heterocycles. The third kappa shape index (κ3) is 2.93. The van der Waals surface area contributed by atoms with Crippen LogP contribution in [-0.4, -0.2) is 19.8 Å². The smallest absolute Gasteiger partial charge is 0.130 e. The zero-order valence-electron chi connectivity index (χ0n) is 9.12. The Morgan fingerprint density at radius 3 is 3.06 bits per heavy atom. The maximum atomic E-state index is 13.4. The molecule has 0 amide bonds. The summed E-state index contributed by atoms with van der Waals surface area (Å²) in [4.78, 5) is 0. The van der Waals surface area contributed by atoms with Crippen molar-refractivity contribution in [3.05, 3.63) is 29.6 Å². The van der Waals surface area contributed by atoms with E-state index in [4.69, 9.17) is 15.2 Å². The molecule has 1 aromatic rings. The van der Waals surface area contributed by atoms with Crippen molar-refractivity contribution in [3.63, 3.8) is 0 Å². The monoisotopic (exact) mass is 225 g/mol. The van der Waals surface area contributed by atoms with Gasteiger partial charge in [-0.25, -0.2) is 4.39 Å². The topological polar surface area (TPSA) is 44.5 Å². The molecule has 1 heterocycles. The fraction of sp³-hybridized carbons (Fsp3) is 0.500. The van der Waals surface area contributed by atoms with Gasteiger partial charge < -0.3 is 15.2 Å². The van der Waals surface area contributed by atoms with Gasteiger partial charge >= 0.3 is 0 Å². The van der Waals surface area contributed by atoms with E-state index in [1.165, 1.54) is 6.07 Å². The van der Waals surface area contributed by atoms with Gasteiger partial charge in [-0.2, -0.15) is 0 Å². The standard InChI is InChI=1S/C12H16FNO2/c13-12-5-11(14)2-1-10(12)8-16-7-9-3-4-15-6-9/h1-2,5,9H,3-4,6-8,14H2. The molecule has 2 rings (SSSR count). The van der Waals surface area contributed by atoms with Gasteiger partial charge in [0.25, 0.3) is 0 Å². The van der Waals surface area contributed by atoms with Crippen molar-refractivity contribution >= 4 is 5.69 Å². The van der Waals surface area contributed by atoms with Gasteiger partial charge in [0.2, 0.25) is 0 Å². The second-order valence-electron chi connectivity index (χ2n) is 4.10. The first-order valence-corrected chi connectivity index (χ1v) is 5.45. The SMILES string of the molecule is Nc1ccc(COCC2CCOC2)c(F)c1. The molecular formula is C12H16FNO2. The van der Waals surface area contributed by atoms with Crippen molar-refractivity contribution in [2.45, 2.75) is 13.0 Å². The lowest BCUT2D eigenvalue weighted by molar-refractivity contribution is 0.0776. The van der Waals surface area contributed by atoms with Crippen molar-refractivity contribution in [2.24, 2.45) is 5.92 Å². The van der Waals surface area contributed by atoms with Crippen molar-refractivity contribution in [3.8, 4) is 0 Å². The van der Waals surface area contributed by atoms with Crippen LogP contribution in [0.4, 0.5) is 10.1 Å². The first kappa shape index (κ1) is 11.4. The molecule has 1 unspecified atom stereocenters. The predicted molar refractivity (Wildman–Crippen MR) is 59.4 cm³/mol. The Hall–Kier alpha value is -1.13. The molecular weight excluding hydrogens is 209 g/mol. The van der Waals surface area contributed by atoms with Gasteiger partial charge in [-0.05, 0) is 18.6 Å². The number of ether oxygens (including phenoxy) is 2. The number of benzene rings is 1. The molecule has 1 aromatic carbocycles. The Kier molecular flexibility index (Phi) is 3.74. The van der Waals surface area contributed by atoms with Gasteiger partial charge in [0.15, 0.2) is 0 Å². The average Bonchev–Trinajstić information content (AvgIpc) is 2.74. The fourth-order valence-corrected chi connectivity index (χ4v) is 1.73. The Bertz CT molecular complexity index is 351. The minimum atomic E-state index is -0.303. The van der Waals surface area contributed by atoms with Gasteiger partial charge in [0, 0.05) is 23.8 Å². The first-order chi connectivity index (χ1) is 7.75. The largest absolute Gasteiger partial charge is 0.399 e. The van der Waals surface area contributed by atoms with Crippen LogP contribution >= 0.6 is 0 Å². The molecule has 2 N–H and O–H groups in total. The van der Waals surface area contributed by atoms with Crippen LogP contribution in [0.3, 0.4) is 0 Å². The van der Waals surface area contributed by atoms with Crippen LogP contribution in [0.5, 0.6) is 0 Å². The van der Waals surface area contributed by atoms with Gasteiger partial charge in [-0.15, -0.1) is 0 Å². The highest BCUT2D eigenvalue weighted by Crippen LogP contribution is 2.16. The summed E-state index contributed by atoms with van der Waals surface area (Å²) in [7, 11) is 0. The van der Waals surface area contributed by atoms with E-state index in [0.717, 1.165) is 19.6 Å². The number of anilines is 1. The molecule has 1 atom stereocenters. The summed E-state index contributed by atoms with van der Waals surface area (Å²) < 4.78 is 24.1. The second kappa shape index (κ2) is 5.27. The molecule has 88 valence electrons. The summed E-state index contributed by atoms with van der Waals surface area (Å²) in [5.74, 6) is 0.152. The Balaban J connectivity index is 1.80. The molecule has 1 aliphatic rings. The van der Waals surface area contributed by atoms with Crippen LogP contribution in [0, 0.1) is 11.7 Å². The lowest BCUT2D eigenvalue weighted by Gasteiger charge is -2.09. The fourth-order valence-electron chi connectivity index (χ4n) is 1.73. The molecule has 0 aliphatic carbocycles. The number of nitrogens with two attached hydrogens (primary N) is 1. The molecule has 0 aromatic heterocycles. The highest BCUT2D eigenvalue weighted by atomic mass is 19.1. The zero-order chi connectivity index (χ0) is 11.4. The second-order valence-corrected chi connectivity index (χ2v) is 4.10. The lowest BCUT2D eigenvalue weighted by atomic mass is 10.1. The molecule has 0 spiro atoms. The summed E-state index contributed by atoms with van der Waals surface area (Å²) in [6.45, 7) is 2.49. The van der Waals surface area contributed by atoms with E-state index >= 15 is 0 Å². The normalized spacial score (nSPS) is 20.2. The highest BCUT2D eigenvalue weighted by Gasteiger charge is 2.15. The number of hydrogen-bond acceptors (Lipinski definition) is 3. The van der Waals surface area contributed by atoms with Crippen molar-refractivity contribution in [1.82, 2.24) is 0 Å². The summed E-state index contributed by atoms with van der Waals surface area (Å²) >= 11 is 0. The minimum absolute atomic E-state index is 0.294. The number of nitrogen functional groups attached to an aromatic ring is 1. The van der Waals surface area contributed by atoms with Gasteiger partial charge in [-0.1, -0.05) is 6.07 Å². The van der Waals surface area contributed by atoms with Crippen molar-refractivity contribution in [1.29, 1.82) is 0 Å². The lowest BCUT2D eigenvalue weighted by Crippen LogP contribution is -2.09. The van der Waals surface area contributed by atoms with E-state index in [2.05, 4.69) is 0 Å². The van der Waals surface area contributed by atoms with Gasteiger partial charge in [0.1, 0.15) is 5.82 Å². The third-order valence-corrected chi connectivity index (χ3v) is 2.71. The Labute approximate surface area is 94.3 Å². The average molecular weight is 225 g/mol. The van der Waals surface area contributed by atoms with E-state index in [1.54, 1.807) is 12.1 Å². The van der Waals surface area contributed by atoms with E-state index in [0.29, 0.717) is 30.4 Å². The maximum absolute atomic E-state index is 13.4. The van der Waals surface area contributed by atoms with Gasteiger partial charge in [-0.3, -0.25) is 0 Å². The van der Waals surface area contributed by atoms with Crippen molar-refractivity contribution in [2.75, 3.05) is 25.6 Å². The molecule has 0 radical (unpaired) electrons. The molecule has 1 saturated heterocycles. The van der Waals surface area contributed by atoms with E-state index in [1.807, 2.05) is 0 Å².